The van der Waals surface area contributed by atoms with Gasteiger partial charge in [-0.3, -0.25) is 4.79 Å². The van der Waals surface area contributed by atoms with E-state index < -0.39 is 0 Å². The molecule has 1 unspecified atom stereocenters. The van der Waals surface area contributed by atoms with Crippen LogP contribution in [0.4, 0.5) is 4.39 Å². The number of halogens is 1. The predicted octanol–water partition coefficient (Wildman–Crippen LogP) is 3.93. The summed E-state index contributed by atoms with van der Waals surface area (Å²) in [6.07, 6.45) is 4.90. The first-order valence-electron chi connectivity index (χ1n) is 8.94. The summed E-state index contributed by atoms with van der Waals surface area (Å²) in [5, 5.41) is 4.10. The van der Waals surface area contributed by atoms with Crippen LogP contribution in [0, 0.1) is 12.7 Å². The molecule has 4 rings (SSSR count). The predicted molar refractivity (Wildman–Crippen MR) is 93.2 cm³/mol. The summed E-state index contributed by atoms with van der Waals surface area (Å²) in [5.41, 5.74) is 1.19. The molecule has 0 N–H and O–H groups in total. The molecule has 1 aliphatic rings. The van der Waals surface area contributed by atoms with Crippen LogP contribution in [0.5, 0.6) is 0 Å². The third kappa shape index (κ3) is 3.47. The number of oxazole rings is 1. The van der Waals surface area contributed by atoms with Gasteiger partial charge in [-0.05, 0) is 44.0 Å². The van der Waals surface area contributed by atoms with Crippen molar-refractivity contribution in [3.8, 4) is 11.5 Å². The van der Waals surface area contributed by atoms with E-state index in [-0.39, 0.29) is 23.5 Å². The Bertz CT molecular complexity index is 935. The lowest BCUT2D eigenvalue weighted by atomic mass is 10.1. The number of likely N-dealkylation sites (tertiary alicyclic amines) is 1. The van der Waals surface area contributed by atoms with E-state index in [4.69, 9.17) is 8.94 Å². The Balaban J connectivity index is 1.64. The SMILES string of the molecule is Cc1ncoc1C(=O)N1CCCCCC1c1noc(-c2ccc(F)cc2)n1. The fourth-order valence-corrected chi connectivity index (χ4v) is 3.34. The van der Waals surface area contributed by atoms with Crippen molar-refractivity contribution in [2.45, 2.75) is 38.6 Å². The number of nitrogens with zero attached hydrogens (tertiary/aromatic N) is 4. The van der Waals surface area contributed by atoms with Gasteiger partial charge in [-0.2, -0.15) is 4.98 Å². The highest BCUT2D eigenvalue weighted by atomic mass is 19.1. The zero-order valence-corrected chi connectivity index (χ0v) is 14.9. The largest absolute Gasteiger partial charge is 0.438 e. The van der Waals surface area contributed by atoms with Crippen LogP contribution < -0.4 is 0 Å². The van der Waals surface area contributed by atoms with Crippen LogP contribution in [0.3, 0.4) is 0 Å². The molecule has 1 aromatic carbocycles. The maximum atomic E-state index is 13.1. The summed E-state index contributed by atoms with van der Waals surface area (Å²) in [6.45, 7) is 2.33. The van der Waals surface area contributed by atoms with E-state index >= 15 is 0 Å². The fourth-order valence-electron chi connectivity index (χ4n) is 3.34. The molecule has 7 nitrogen and oxygen atoms in total. The molecule has 140 valence electrons. The van der Waals surface area contributed by atoms with Crippen LogP contribution in [-0.4, -0.2) is 32.5 Å². The van der Waals surface area contributed by atoms with E-state index in [0.717, 1.165) is 25.7 Å². The highest BCUT2D eigenvalue weighted by Gasteiger charge is 2.33. The maximum Gasteiger partial charge on any atom is 0.292 e. The standard InChI is InChI=1S/C19H19FN4O3/c1-12-16(26-11-21-12)19(25)24-10-4-2-3-5-15(24)17-22-18(27-23-17)13-6-8-14(20)9-7-13/h6-9,11,15H,2-5,10H2,1H3. The van der Waals surface area contributed by atoms with Crippen molar-refractivity contribution in [2.75, 3.05) is 6.54 Å². The molecule has 1 aliphatic heterocycles. The monoisotopic (exact) mass is 370 g/mol. The molecule has 0 saturated carbocycles. The average molecular weight is 370 g/mol. The fraction of sp³-hybridized carbons (Fsp3) is 0.368. The molecule has 2 aromatic heterocycles. The average Bonchev–Trinajstić information content (AvgIpc) is 3.25. The van der Waals surface area contributed by atoms with E-state index in [9.17, 15) is 9.18 Å². The number of rotatable bonds is 3. The molecule has 1 fully saturated rings. The highest BCUT2D eigenvalue weighted by molar-refractivity contribution is 5.92. The maximum absolute atomic E-state index is 13.1. The van der Waals surface area contributed by atoms with Crippen molar-refractivity contribution >= 4 is 5.91 Å². The van der Waals surface area contributed by atoms with Crippen LogP contribution in [0.2, 0.25) is 0 Å². The van der Waals surface area contributed by atoms with Crippen molar-refractivity contribution < 1.29 is 18.1 Å². The minimum Gasteiger partial charge on any atom is -0.438 e. The van der Waals surface area contributed by atoms with Gasteiger partial charge in [0.15, 0.2) is 12.2 Å². The van der Waals surface area contributed by atoms with E-state index in [1.54, 1.807) is 24.0 Å². The number of hydrogen-bond donors (Lipinski definition) is 0. The number of hydrogen-bond acceptors (Lipinski definition) is 6. The van der Waals surface area contributed by atoms with Crippen LogP contribution in [0.15, 0.2) is 39.6 Å². The number of amides is 1. The molecular formula is C19H19FN4O3. The van der Waals surface area contributed by atoms with Crippen molar-refractivity contribution in [1.82, 2.24) is 20.0 Å². The van der Waals surface area contributed by atoms with Crippen molar-refractivity contribution in [1.29, 1.82) is 0 Å². The van der Waals surface area contributed by atoms with Gasteiger partial charge in [-0.1, -0.05) is 18.0 Å². The Kier molecular flexibility index (Phi) is 4.70. The summed E-state index contributed by atoms with van der Waals surface area (Å²) in [7, 11) is 0. The van der Waals surface area contributed by atoms with Gasteiger partial charge in [-0.25, -0.2) is 9.37 Å². The topological polar surface area (TPSA) is 85.3 Å². The van der Waals surface area contributed by atoms with Gasteiger partial charge in [0.25, 0.3) is 11.8 Å². The molecule has 0 bridgehead atoms. The Morgan fingerprint density at radius 1 is 1.22 bits per heavy atom. The molecule has 1 atom stereocenters. The molecule has 0 spiro atoms. The van der Waals surface area contributed by atoms with Crippen molar-refractivity contribution in [2.24, 2.45) is 0 Å². The highest BCUT2D eigenvalue weighted by Crippen LogP contribution is 2.31. The molecular weight excluding hydrogens is 351 g/mol. The van der Waals surface area contributed by atoms with Crippen molar-refractivity contribution in [3.05, 3.63) is 53.8 Å². The quantitative estimate of drug-likeness (QED) is 0.694. The lowest BCUT2D eigenvalue weighted by molar-refractivity contribution is 0.0636. The van der Waals surface area contributed by atoms with E-state index in [0.29, 0.717) is 29.5 Å². The Labute approximate surface area is 155 Å². The summed E-state index contributed by atoms with van der Waals surface area (Å²) in [6, 6.07) is 5.55. The summed E-state index contributed by atoms with van der Waals surface area (Å²) in [4.78, 5) is 23.2. The minimum atomic E-state index is -0.332. The summed E-state index contributed by atoms with van der Waals surface area (Å²) >= 11 is 0. The summed E-state index contributed by atoms with van der Waals surface area (Å²) in [5.74, 6) is 0.440. The molecule has 1 saturated heterocycles. The third-order valence-electron chi connectivity index (χ3n) is 4.78. The first kappa shape index (κ1) is 17.4. The normalized spacial score (nSPS) is 17.7. The molecule has 3 heterocycles. The summed E-state index contributed by atoms with van der Waals surface area (Å²) < 4.78 is 23.8. The van der Waals surface area contributed by atoms with Gasteiger partial charge >= 0.3 is 0 Å². The van der Waals surface area contributed by atoms with Crippen molar-refractivity contribution in [3.63, 3.8) is 0 Å². The molecule has 0 radical (unpaired) electrons. The van der Waals surface area contributed by atoms with E-state index in [2.05, 4.69) is 15.1 Å². The lowest BCUT2D eigenvalue weighted by Crippen LogP contribution is -2.35. The molecule has 1 amide bonds. The Morgan fingerprint density at radius 3 is 2.78 bits per heavy atom. The molecule has 3 aromatic rings. The first-order valence-corrected chi connectivity index (χ1v) is 8.94. The Hall–Kier alpha value is -3.03. The number of carbonyl (C=O) groups is 1. The molecule has 27 heavy (non-hydrogen) atoms. The number of carbonyl (C=O) groups excluding carboxylic acids is 1. The van der Waals surface area contributed by atoms with E-state index in [1.165, 1.54) is 18.5 Å². The minimum absolute atomic E-state index is 0.218. The van der Waals surface area contributed by atoms with Gasteiger partial charge in [0.2, 0.25) is 5.76 Å². The second kappa shape index (κ2) is 7.30. The lowest BCUT2D eigenvalue weighted by Gasteiger charge is -2.26. The zero-order valence-electron chi connectivity index (χ0n) is 14.9. The van der Waals surface area contributed by atoms with Gasteiger partial charge in [0, 0.05) is 12.1 Å². The number of aryl methyl sites for hydroxylation is 1. The second-order valence-corrected chi connectivity index (χ2v) is 6.60. The van der Waals surface area contributed by atoms with Crippen LogP contribution >= 0.6 is 0 Å². The van der Waals surface area contributed by atoms with Gasteiger partial charge in [-0.15, -0.1) is 0 Å². The van der Waals surface area contributed by atoms with Gasteiger partial charge < -0.3 is 13.8 Å². The zero-order chi connectivity index (χ0) is 18.8. The number of benzene rings is 1. The third-order valence-corrected chi connectivity index (χ3v) is 4.78. The van der Waals surface area contributed by atoms with E-state index in [1.807, 2.05) is 0 Å². The molecule has 0 aliphatic carbocycles. The van der Waals surface area contributed by atoms with Crippen LogP contribution in [0.25, 0.3) is 11.5 Å². The molecule has 8 heteroatoms. The van der Waals surface area contributed by atoms with Crippen LogP contribution in [0.1, 0.15) is 53.8 Å². The Morgan fingerprint density at radius 2 is 2.04 bits per heavy atom. The first-order chi connectivity index (χ1) is 13.1. The number of aromatic nitrogens is 3. The smallest absolute Gasteiger partial charge is 0.292 e. The van der Waals surface area contributed by atoms with Crippen LogP contribution in [-0.2, 0) is 0 Å². The second-order valence-electron chi connectivity index (χ2n) is 6.60. The van der Waals surface area contributed by atoms with Gasteiger partial charge in [0.05, 0.1) is 11.7 Å². The van der Waals surface area contributed by atoms with Gasteiger partial charge in [0.1, 0.15) is 5.82 Å².